The van der Waals surface area contributed by atoms with Crippen molar-refractivity contribution >= 4 is 33.3 Å². The molecule has 2 heterocycles. The van der Waals surface area contributed by atoms with Crippen molar-refractivity contribution in [1.82, 2.24) is 9.21 Å². The fourth-order valence-electron chi connectivity index (χ4n) is 3.19. The van der Waals surface area contributed by atoms with Gasteiger partial charge >= 0.3 is 6.03 Å². The summed E-state index contributed by atoms with van der Waals surface area (Å²) in [6, 6.07) is 6.87. The van der Waals surface area contributed by atoms with Crippen molar-refractivity contribution in [2.75, 3.05) is 30.7 Å². The summed E-state index contributed by atoms with van der Waals surface area (Å²) in [4.78, 5) is 14.0. The zero-order chi connectivity index (χ0) is 16.4. The number of amides is 2. The van der Waals surface area contributed by atoms with Gasteiger partial charge in [0.05, 0.1) is 5.75 Å². The van der Waals surface area contributed by atoms with Crippen LogP contribution >= 0.6 is 11.6 Å². The Morgan fingerprint density at radius 3 is 2.57 bits per heavy atom. The number of nitrogens with one attached hydrogen (secondary N) is 1. The number of urea groups is 1. The molecule has 0 unspecified atom stereocenters. The molecule has 6 nitrogen and oxygen atoms in total. The van der Waals surface area contributed by atoms with Gasteiger partial charge in [-0.1, -0.05) is 17.7 Å². The Labute approximate surface area is 141 Å². The molecule has 8 heteroatoms. The normalized spacial score (nSPS) is 22.2. The Hall–Kier alpha value is -1.31. The molecule has 0 saturated carbocycles. The third-order valence-corrected chi connectivity index (χ3v) is 6.61. The first-order valence-electron chi connectivity index (χ1n) is 7.77. The van der Waals surface area contributed by atoms with Gasteiger partial charge in [0.1, 0.15) is 0 Å². The topological polar surface area (TPSA) is 69.7 Å². The van der Waals surface area contributed by atoms with Gasteiger partial charge in [-0.15, -0.1) is 0 Å². The van der Waals surface area contributed by atoms with E-state index in [4.69, 9.17) is 11.6 Å². The van der Waals surface area contributed by atoms with Crippen molar-refractivity contribution < 1.29 is 13.2 Å². The standard InChI is InChI=1S/C15H20ClN3O3S/c16-12-3-1-4-13(11-12)17-15(20)18-8-5-14(6-9-18)19-7-2-10-23(19,21)22/h1,3-4,11,14H,2,5-10H2,(H,17,20). The molecule has 2 saturated heterocycles. The number of anilines is 1. The van der Waals surface area contributed by atoms with Gasteiger partial charge in [-0.2, -0.15) is 4.31 Å². The van der Waals surface area contributed by atoms with Gasteiger partial charge in [0.15, 0.2) is 0 Å². The Morgan fingerprint density at radius 1 is 1.22 bits per heavy atom. The number of benzene rings is 1. The maximum atomic E-state index is 12.3. The van der Waals surface area contributed by atoms with Crippen molar-refractivity contribution in [2.45, 2.75) is 25.3 Å². The minimum absolute atomic E-state index is 0.0257. The lowest BCUT2D eigenvalue weighted by Gasteiger charge is -2.35. The summed E-state index contributed by atoms with van der Waals surface area (Å²) in [5.41, 5.74) is 0.659. The molecular formula is C15H20ClN3O3S. The molecule has 2 aliphatic rings. The molecule has 1 aromatic carbocycles. The molecule has 0 aromatic heterocycles. The quantitative estimate of drug-likeness (QED) is 0.883. The molecule has 2 fully saturated rings. The maximum Gasteiger partial charge on any atom is 0.321 e. The van der Waals surface area contributed by atoms with Crippen LogP contribution in [0.1, 0.15) is 19.3 Å². The number of likely N-dealkylation sites (tertiary alicyclic amines) is 1. The minimum atomic E-state index is -3.08. The van der Waals surface area contributed by atoms with Crippen molar-refractivity contribution in [1.29, 1.82) is 0 Å². The van der Waals surface area contributed by atoms with E-state index in [0.717, 1.165) is 0 Å². The number of rotatable bonds is 2. The molecule has 0 atom stereocenters. The number of sulfonamides is 1. The number of nitrogens with zero attached hydrogens (tertiary/aromatic N) is 2. The van der Waals surface area contributed by atoms with E-state index in [2.05, 4.69) is 5.32 Å². The Kier molecular flexibility index (Phi) is 4.79. The second kappa shape index (κ2) is 6.67. The molecule has 2 aliphatic heterocycles. The van der Waals surface area contributed by atoms with Gasteiger partial charge in [-0.25, -0.2) is 13.2 Å². The van der Waals surface area contributed by atoms with Gasteiger partial charge in [-0.05, 0) is 37.5 Å². The van der Waals surface area contributed by atoms with Crippen LogP contribution in [0.3, 0.4) is 0 Å². The molecule has 3 rings (SSSR count). The van der Waals surface area contributed by atoms with E-state index in [9.17, 15) is 13.2 Å². The molecule has 126 valence electrons. The molecule has 0 aliphatic carbocycles. The first-order chi connectivity index (χ1) is 11.0. The highest BCUT2D eigenvalue weighted by atomic mass is 35.5. The molecule has 23 heavy (non-hydrogen) atoms. The number of hydrogen-bond donors (Lipinski definition) is 1. The van der Waals surface area contributed by atoms with Crippen LogP contribution in [-0.4, -0.2) is 55.1 Å². The molecule has 0 bridgehead atoms. The fourth-order valence-corrected chi connectivity index (χ4v) is 5.19. The van der Waals surface area contributed by atoms with Crippen molar-refractivity contribution in [3.63, 3.8) is 0 Å². The highest BCUT2D eigenvalue weighted by Crippen LogP contribution is 2.25. The lowest BCUT2D eigenvalue weighted by Crippen LogP contribution is -2.48. The van der Waals surface area contributed by atoms with Gasteiger partial charge < -0.3 is 10.2 Å². The maximum absolute atomic E-state index is 12.3. The third kappa shape index (κ3) is 3.79. The van der Waals surface area contributed by atoms with Crippen LogP contribution in [0, 0.1) is 0 Å². The predicted octanol–water partition coefficient (Wildman–Crippen LogP) is 2.37. The Morgan fingerprint density at radius 2 is 1.96 bits per heavy atom. The number of piperidine rings is 1. The van der Waals surface area contributed by atoms with Crippen molar-refractivity contribution in [3.8, 4) is 0 Å². The molecule has 1 aromatic rings. The number of halogens is 1. The van der Waals surface area contributed by atoms with E-state index >= 15 is 0 Å². The summed E-state index contributed by atoms with van der Waals surface area (Å²) >= 11 is 5.91. The highest BCUT2D eigenvalue weighted by molar-refractivity contribution is 7.89. The first kappa shape index (κ1) is 16.5. The summed E-state index contributed by atoms with van der Waals surface area (Å²) < 4.78 is 25.6. The fraction of sp³-hybridized carbons (Fsp3) is 0.533. The van der Waals surface area contributed by atoms with E-state index in [1.807, 2.05) is 0 Å². The third-order valence-electron chi connectivity index (χ3n) is 4.37. The average Bonchev–Trinajstić information content (AvgIpc) is 2.87. The van der Waals surface area contributed by atoms with Gasteiger partial charge in [0, 0.05) is 36.4 Å². The van der Waals surface area contributed by atoms with Crippen LogP contribution in [0.2, 0.25) is 5.02 Å². The summed E-state index contributed by atoms with van der Waals surface area (Å²) in [6.07, 6.45) is 2.07. The summed E-state index contributed by atoms with van der Waals surface area (Å²) in [5, 5.41) is 3.39. The van der Waals surface area contributed by atoms with Crippen LogP contribution in [0.15, 0.2) is 24.3 Å². The van der Waals surface area contributed by atoms with Crippen molar-refractivity contribution in [3.05, 3.63) is 29.3 Å². The smallest absolute Gasteiger partial charge is 0.321 e. The molecular weight excluding hydrogens is 338 g/mol. The zero-order valence-electron chi connectivity index (χ0n) is 12.7. The summed E-state index contributed by atoms with van der Waals surface area (Å²) in [7, 11) is -3.08. The lowest BCUT2D eigenvalue weighted by atomic mass is 10.1. The molecule has 0 spiro atoms. The SMILES string of the molecule is O=C(Nc1cccc(Cl)c1)N1CCC(N2CCCS2(=O)=O)CC1. The summed E-state index contributed by atoms with van der Waals surface area (Å²) in [5.74, 6) is 0.252. The Balaban J connectivity index is 1.55. The van der Waals surface area contributed by atoms with Crippen LogP contribution in [-0.2, 0) is 10.0 Å². The van der Waals surface area contributed by atoms with Crippen molar-refractivity contribution in [2.24, 2.45) is 0 Å². The van der Waals surface area contributed by atoms with E-state index < -0.39 is 10.0 Å². The van der Waals surface area contributed by atoms with E-state index in [1.165, 1.54) is 0 Å². The second-order valence-corrected chi connectivity index (χ2v) is 8.42. The first-order valence-corrected chi connectivity index (χ1v) is 9.75. The highest BCUT2D eigenvalue weighted by Gasteiger charge is 2.36. The second-order valence-electron chi connectivity index (χ2n) is 5.94. The number of carbonyl (C=O) groups excluding carboxylic acids is 1. The van der Waals surface area contributed by atoms with Gasteiger partial charge in [0.2, 0.25) is 10.0 Å². The van der Waals surface area contributed by atoms with Gasteiger partial charge in [-0.3, -0.25) is 0 Å². The van der Waals surface area contributed by atoms with Crippen LogP contribution in [0.4, 0.5) is 10.5 Å². The lowest BCUT2D eigenvalue weighted by molar-refractivity contribution is 0.170. The zero-order valence-corrected chi connectivity index (χ0v) is 14.3. The van der Waals surface area contributed by atoms with Crippen LogP contribution in [0.5, 0.6) is 0 Å². The number of carbonyl (C=O) groups is 1. The predicted molar refractivity (Wildman–Crippen MR) is 90.2 cm³/mol. The Bertz CT molecular complexity index is 687. The molecule has 0 radical (unpaired) electrons. The van der Waals surface area contributed by atoms with E-state index in [1.54, 1.807) is 33.5 Å². The molecule has 2 amide bonds. The molecule has 1 N–H and O–H groups in total. The van der Waals surface area contributed by atoms with Crippen LogP contribution < -0.4 is 5.32 Å². The van der Waals surface area contributed by atoms with E-state index in [0.29, 0.717) is 49.6 Å². The van der Waals surface area contributed by atoms with Crippen LogP contribution in [0.25, 0.3) is 0 Å². The number of hydrogen-bond acceptors (Lipinski definition) is 3. The largest absolute Gasteiger partial charge is 0.324 e. The summed E-state index contributed by atoms with van der Waals surface area (Å²) in [6.45, 7) is 1.73. The minimum Gasteiger partial charge on any atom is -0.324 e. The van der Waals surface area contributed by atoms with E-state index in [-0.39, 0.29) is 17.8 Å². The monoisotopic (exact) mass is 357 g/mol. The average molecular weight is 358 g/mol. The van der Waals surface area contributed by atoms with Gasteiger partial charge in [0.25, 0.3) is 0 Å².